The highest BCUT2D eigenvalue weighted by atomic mass is 16.5. The number of nitrogens with zero attached hydrogens (tertiary/aromatic N) is 1. The molecule has 0 aromatic rings. The first-order chi connectivity index (χ1) is 9.28. The lowest BCUT2D eigenvalue weighted by molar-refractivity contribution is -0.0766. The topological polar surface area (TPSA) is 50.5 Å². The Hall–Kier alpha value is -0.160. The van der Waals surface area contributed by atoms with Gasteiger partial charge in [-0.1, -0.05) is 19.8 Å². The van der Waals surface area contributed by atoms with Crippen LogP contribution in [0.4, 0.5) is 0 Å². The summed E-state index contributed by atoms with van der Waals surface area (Å²) in [6.07, 6.45) is 8.25. The standard InChI is InChI=1S/C15H29N3O/c1-11-4-6-12(7-5-11)15(17-16)14-9-18-8-2-3-13(18)10-19-14/h11-15,17H,2-10,16H2,1H3. The third kappa shape index (κ3) is 2.97. The van der Waals surface area contributed by atoms with Crippen molar-refractivity contribution >= 4 is 0 Å². The summed E-state index contributed by atoms with van der Waals surface area (Å²) < 4.78 is 6.14. The first kappa shape index (κ1) is 13.8. The number of hydrogen-bond acceptors (Lipinski definition) is 4. The molecule has 3 rings (SSSR count). The molecule has 3 unspecified atom stereocenters. The molecule has 4 nitrogen and oxygen atoms in total. The average molecular weight is 267 g/mol. The summed E-state index contributed by atoms with van der Waals surface area (Å²) in [6, 6.07) is 1.02. The number of hydrazine groups is 1. The zero-order valence-corrected chi connectivity index (χ0v) is 12.2. The minimum atomic E-state index is 0.290. The van der Waals surface area contributed by atoms with Crippen molar-refractivity contribution in [3.63, 3.8) is 0 Å². The van der Waals surface area contributed by atoms with Gasteiger partial charge in [0.2, 0.25) is 0 Å². The number of morpholine rings is 1. The normalized spacial score (nSPS) is 42.0. The van der Waals surface area contributed by atoms with E-state index in [0.717, 1.165) is 19.1 Å². The first-order valence-electron chi connectivity index (χ1n) is 8.09. The van der Waals surface area contributed by atoms with E-state index in [1.54, 1.807) is 0 Å². The number of nitrogens with one attached hydrogen (secondary N) is 1. The molecule has 2 saturated heterocycles. The van der Waals surface area contributed by atoms with Gasteiger partial charge in [-0.2, -0.15) is 0 Å². The Balaban J connectivity index is 1.59. The summed E-state index contributed by atoms with van der Waals surface area (Å²) in [5.74, 6) is 7.45. The zero-order chi connectivity index (χ0) is 13.2. The molecule has 2 heterocycles. The molecular weight excluding hydrogens is 238 g/mol. The van der Waals surface area contributed by atoms with Crippen LogP contribution in [0.1, 0.15) is 45.4 Å². The van der Waals surface area contributed by atoms with Crippen molar-refractivity contribution in [2.75, 3.05) is 19.7 Å². The van der Waals surface area contributed by atoms with Crippen molar-refractivity contribution in [2.24, 2.45) is 17.7 Å². The lowest BCUT2D eigenvalue weighted by Crippen LogP contribution is -2.58. The number of hydrogen-bond donors (Lipinski definition) is 2. The minimum Gasteiger partial charge on any atom is -0.374 e. The second-order valence-electron chi connectivity index (χ2n) is 6.88. The van der Waals surface area contributed by atoms with E-state index in [1.807, 2.05) is 0 Å². The van der Waals surface area contributed by atoms with Gasteiger partial charge < -0.3 is 4.74 Å². The molecule has 4 heteroatoms. The molecule has 0 spiro atoms. The summed E-state index contributed by atoms with van der Waals surface area (Å²) in [4.78, 5) is 2.62. The highest BCUT2D eigenvalue weighted by molar-refractivity contribution is 4.93. The van der Waals surface area contributed by atoms with Crippen LogP contribution in [0.5, 0.6) is 0 Å². The van der Waals surface area contributed by atoms with Gasteiger partial charge >= 0.3 is 0 Å². The van der Waals surface area contributed by atoms with Crippen LogP contribution in [-0.2, 0) is 4.74 Å². The van der Waals surface area contributed by atoms with Crippen LogP contribution in [0.2, 0.25) is 0 Å². The number of fused-ring (bicyclic) bond motifs is 1. The quantitative estimate of drug-likeness (QED) is 0.601. The van der Waals surface area contributed by atoms with Crippen LogP contribution in [0.3, 0.4) is 0 Å². The van der Waals surface area contributed by atoms with E-state index in [4.69, 9.17) is 10.6 Å². The van der Waals surface area contributed by atoms with Gasteiger partial charge in [0.05, 0.1) is 18.8 Å². The second-order valence-corrected chi connectivity index (χ2v) is 6.88. The number of nitrogens with two attached hydrogens (primary N) is 1. The lowest BCUT2D eigenvalue weighted by atomic mass is 9.77. The third-order valence-electron chi connectivity index (χ3n) is 5.58. The smallest absolute Gasteiger partial charge is 0.0871 e. The molecule has 1 aliphatic carbocycles. The average Bonchev–Trinajstić information content (AvgIpc) is 2.89. The van der Waals surface area contributed by atoms with Crippen LogP contribution in [0.15, 0.2) is 0 Å². The van der Waals surface area contributed by atoms with Crippen molar-refractivity contribution in [1.82, 2.24) is 10.3 Å². The number of rotatable bonds is 3. The maximum atomic E-state index is 6.14. The van der Waals surface area contributed by atoms with Crippen LogP contribution in [-0.4, -0.2) is 42.8 Å². The Morgan fingerprint density at radius 1 is 1.21 bits per heavy atom. The summed E-state index contributed by atoms with van der Waals surface area (Å²) in [5, 5.41) is 0. The molecule has 0 radical (unpaired) electrons. The maximum absolute atomic E-state index is 6.14. The van der Waals surface area contributed by atoms with Gasteiger partial charge in [-0.3, -0.25) is 16.2 Å². The summed E-state index contributed by atoms with van der Waals surface area (Å²) in [6.45, 7) is 5.61. The Labute approximate surface area is 117 Å². The Morgan fingerprint density at radius 3 is 2.74 bits per heavy atom. The van der Waals surface area contributed by atoms with Crippen LogP contribution >= 0.6 is 0 Å². The van der Waals surface area contributed by atoms with Crippen LogP contribution in [0.25, 0.3) is 0 Å². The largest absolute Gasteiger partial charge is 0.374 e. The van der Waals surface area contributed by atoms with Crippen LogP contribution in [0, 0.1) is 11.8 Å². The zero-order valence-electron chi connectivity index (χ0n) is 12.2. The predicted octanol–water partition coefficient (Wildman–Crippen LogP) is 1.51. The Kier molecular flexibility index (Phi) is 4.42. The molecule has 0 aromatic heterocycles. The molecule has 110 valence electrons. The molecular formula is C15H29N3O. The fourth-order valence-electron chi connectivity index (χ4n) is 4.25. The maximum Gasteiger partial charge on any atom is 0.0871 e. The van der Waals surface area contributed by atoms with Crippen LogP contribution < -0.4 is 11.3 Å². The molecule has 19 heavy (non-hydrogen) atoms. The lowest BCUT2D eigenvalue weighted by Gasteiger charge is -2.42. The molecule has 0 aromatic carbocycles. The van der Waals surface area contributed by atoms with Gasteiger partial charge in [0, 0.05) is 12.6 Å². The monoisotopic (exact) mass is 267 g/mol. The van der Waals surface area contributed by atoms with E-state index in [1.165, 1.54) is 45.1 Å². The molecule has 3 aliphatic rings. The molecule has 3 fully saturated rings. The Bertz CT molecular complexity index is 291. The summed E-state index contributed by atoms with van der Waals surface area (Å²) in [5.41, 5.74) is 3.08. The fraction of sp³-hybridized carbons (Fsp3) is 1.00. The van der Waals surface area contributed by atoms with Gasteiger partial charge in [0.1, 0.15) is 0 Å². The van der Waals surface area contributed by atoms with Crippen molar-refractivity contribution in [2.45, 2.75) is 63.6 Å². The van der Waals surface area contributed by atoms with E-state index in [0.29, 0.717) is 18.0 Å². The third-order valence-corrected chi connectivity index (χ3v) is 5.58. The highest BCUT2D eigenvalue weighted by Gasteiger charge is 2.38. The first-order valence-corrected chi connectivity index (χ1v) is 8.09. The van der Waals surface area contributed by atoms with Crippen molar-refractivity contribution in [1.29, 1.82) is 0 Å². The predicted molar refractivity (Wildman–Crippen MR) is 76.6 cm³/mol. The van der Waals surface area contributed by atoms with E-state index in [-0.39, 0.29) is 6.10 Å². The SMILES string of the molecule is CC1CCC(C(NN)C2CN3CCCC3CO2)CC1. The second kappa shape index (κ2) is 6.08. The number of ether oxygens (including phenoxy) is 1. The molecule has 2 aliphatic heterocycles. The van der Waals surface area contributed by atoms with Crippen molar-refractivity contribution < 1.29 is 4.74 Å². The molecule has 3 N–H and O–H groups in total. The molecule has 0 bridgehead atoms. The molecule has 1 saturated carbocycles. The minimum absolute atomic E-state index is 0.290. The van der Waals surface area contributed by atoms with Gasteiger partial charge in [0.15, 0.2) is 0 Å². The van der Waals surface area contributed by atoms with E-state index in [2.05, 4.69) is 17.2 Å². The Morgan fingerprint density at radius 2 is 2.00 bits per heavy atom. The van der Waals surface area contributed by atoms with E-state index in [9.17, 15) is 0 Å². The van der Waals surface area contributed by atoms with Gasteiger partial charge in [-0.05, 0) is 44.1 Å². The van der Waals surface area contributed by atoms with E-state index >= 15 is 0 Å². The van der Waals surface area contributed by atoms with Crippen molar-refractivity contribution in [3.05, 3.63) is 0 Å². The molecule has 3 atom stereocenters. The van der Waals surface area contributed by atoms with E-state index < -0.39 is 0 Å². The van der Waals surface area contributed by atoms with Gasteiger partial charge in [-0.25, -0.2) is 0 Å². The fourth-order valence-corrected chi connectivity index (χ4v) is 4.25. The molecule has 0 amide bonds. The van der Waals surface area contributed by atoms with Crippen molar-refractivity contribution in [3.8, 4) is 0 Å². The van der Waals surface area contributed by atoms with Gasteiger partial charge in [-0.15, -0.1) is 0 Å². The summed E-state index contributed by atoms with van der Waals surface area (Å²) >= 11 is 0. The highest BCUT2D eigenvalue weighted by Crippen LogP contribution is 2.33. The summed E-state index contributed by atoms with van der Waals surface area (Å²) in [7, 11) is 0. The van der Waals surface area contributed by atoms with Gasteiger partial charge in [0.25, 0.3) is 0 Å².